The van der Waals surface area contributed by atoms with Gasteiger partial charge in [0, 0.05) is 55.2 Å². The summed E-state index contributed by atoms with van der Waals surface area (Å²) < 4.78 is 13.2. The van der Waals surface area contributed by atoms with Gasteiger partial charge in [0.1, 0.15) is 5.69 Å². The third-order valence-corrected chi connectivity index (χ3v) is 8.75. The molecule has 2 fully saturated rings. The third-order valence-electron chi connectivity index (χ3n) is 8.75. The van der Waals surface area contributed by atoms with E-state index in [-0.39, 0.29) is 35.0 Å². The minimum atomic E-state index is -0.401. The van der Waals surface area contributed by atoms with Crippen LogP contribution in [0.5, 0.6) is 0 Å². The standard InChI is InChI=1S/C31H41N3O5/c1-4-34-26-24(17-31(19-32-28(26)36)13-15-38-16-14-31)25(33-34)18-30(2,3)20-39-29(37)23-11-9-22(10-12-23)27(35)21-7-5-6-8-21/h9-12,21H,4-8,13-20H2,1-3H3,(H,32,36). The van der Waals surface area contributed by atoms with Gasteiger partial charge in [-0.05, 0) is 56.6 Å². The molecule has 8 nitrogen and oxygen atoms in total. The van der Waals surface area contributed by atoms with Gasteiger partial charge in [0.15, 0.2) is 5.78 Å². The van der Waals surface area contributed by atoms with Crippen molar-refractivity contribution in [2.24, 2.45) is 16.7 Å². The molecule has 1 spiro atoms. The van der Waals surface area contributed by atoms with Gasteiger partial charge in [-0.25, -0.2) is 4.79 Å². The SMILES string of the molecule is CCn1nc(CC(C)(C)COC(=O)c2ccc(C(=O)C3CCCC3)cc2)c2c1C(=O)NCC1(CCOCC1)C2. The average Bonchev–Trinajstić information content (AvgIpc) is 3.56. The number of ether oxygens (including phenoxy) is 2. The summed E-state index contributed by atoms with van der Waals surface area (Å²) in [6.07, 6.45) is 7.34. The summed E-state index contributed by atoms with van der Waals surface area (Å²) in [5, 5.41) is 8.01. The first-order valence-corrected chi connectivity index (χ1v) is 14.5. The van der Waals surface area contributed by atoms with E-state index in [1.807, 2.05) is 11.6 Å². The van der Waals surface area contributed by atoms with Crippen LogP contribution in [0.3, 0.4) is 0 Å². The van der Waals surface area contributed by atoms with Crippen molar-refractivity contribution in [2.45, 2.75) is 78.7 Å². The molecule has 1 saturated carbocycles. The number of aryl methyl sites for hydroxylation is 1. The van der Waals surface area contributed by atoms with Gasteiger partial charge in [-0.15, -0.1) is 0 Å². The Labute approximate surface area is 230 Å². The Kier molecular flexibility index (Phi) is 7.94. The molecule has 39 heavy (non-hydrogen) atoms. The number of carbonyl (C=O) groups is 3. The van der Waals surface area contributed by atoms with Gasteiger partial charge >= 0.3 is 5.97 Å². The molecule has 0 atom stereocenters. The Morgan fingerprint density at radius 1 is 1.13 bits per heavy atom. The zero-order chi connectivity index (χ0) is 27.6. The summed E-state index contributed by atoms with van der Waals surface area (Å²) in [7, 11) is 0. The Hall–Kier alpha value is -3.00. The highest BCUT2D eigenvalue weighted by Gasteiger charge is 2.40. The van der Waals surface area contributed by atoms with E-state index >= 15 is 0 Å². The second-order valence-electron chi connectivity index (χ2n) is 12.4. The highest BCUT2D eigenvalue weighted by molar-refractivity contribution is 5.99. The van der Waals surface area contributed by atoms with Crippen molar-refractivity contribution >= 4 is 17.7 Å². The minimum Gasteiger partial charge on any atom is -0.462 e. The summed E-state index contributed by atoms with van der Waals surface area (Å²) in [5.41, 5.74) is 3.29. The van der Waals surface area contributed by atoms with Crippen LogP contribution in [0.2, 0.25) is 0 Å². The van der Waals surface area contributed by atoms with Gasteiger partial charge < -0.3 is 14.8 Å². The number of esters is 1. The quantitative estimate of drug-likeness (QED) is 0.386. The minimum absolute atomic E-state index is 0.0164. The highest BCUT2D eigenvalue weighted by Crippen LogP contribution is 2.39. The fraction of sp³-hybridized carbons (Fsp3) is 0.613. The van der Waals surface area contributed by atoms with Crippen LogP contribution in [0.1, 0.15) is 102 Å². The first-order chi connectivity index (χ1) is 18.7. The molecule has 1 aliphatic carbocycles. The van der Waals surface area contributed by atoms with Crippen molar-refractivity contribution in [3.63, 3.8) is 0 Å². The molecular weight excluding hydrogens is 494 g/mol. The lowest BCUT2D eigenvalue weighted by atomic mass is 9.74. The number of amides is 1. The van der Waals surface area contributed by atoms with E-state index in [9.17, 15) is 14.4 Å². The average molecular weight is 536 g/mol. The van der Waals surface area contributed by atoms with Gasteiger partial charge in [-0.3, -0.25) is 14.3 Å². The van der Waals surface area contributed by atoms with E-state index in [0.29, 0.717) is 49.5 Å². The number of nitrogens with one attached hydrogen (secondary N) is 1. The second kappa shape index (κ2) is 11.2. The molecule has 1 aromatic heterocycles. The van der Waals surface area contributed by atoms with Crippen molar-refractivity contribution in [3.05, 3.63) is 52.3 Å². The van der Waals surface area contributed by atoms with Gasteiger partial charge in [-0.1, -0.05) is 38.8 Å². The summed E-state index contributed by atoms with van der Waals surface area (Å²) in [6.45, 7) is 9.01. The second-order valence-corrected chi connectivity index (χ2v) is 12.4. The molecule has 1 N–H and O–H groups in total. The predicted octanol–water partition coefficient (Wildman–Crippen LogP) is 4.78. The van der Waals surface area contributed by atoms with Crippen LogP contribution in [0.15, 0.2) is 24.3 Å². The van der Waals surface area contributed by atoms with Crippen LogP contribution in [-0.4, -0.2) is 53.8 Å². The number of hydrogen-bond donors (Lipinski definition) is 1. The number of nitrogens with zero attached hydrogens (tertiary/aromatic N) is 2. The first kappa shape index (κ1) is 27.6. The lowest BCUT2D eigenvalue weighted by molar-refractivity contribution is 0.0159. The number of rotatable bonds is 8. The third kappa shape index (κ3) is 5.96. The number of fused-ring (bicyclic) bond motifs is 1. The summed E-state index contributed by atoms with van der Waals surface area (Å²) in [5.74, 6) is -0.174. The number of aromatic nitrogens is 2. The lowest BCUT2D eigenvalue weighted by Gasteiger charge is -2.36. The van der Waals surface area contributed by atoms with Crippen LogP contribution in [-0.2, 0) is 28.9 Å². The van der Waals surface area contributed by atoms with Crippen LogP contribution in [0, 0.1) is 16.7 Å². The molecule has 0 unspecified atom stereocenters. The number of ketones is 1. The molecule has 1 aromatic carbocycles. The van der Waals surface area contributed by atoms with Gasteiger partial charge in [-0.2, -0.15) is 5.10 Å². The van der Waals surface area contributed by atoms with E-state index in [1.165, 1.54) is 0 Å². The Morgan fingerprint density at radius 3 is 2.46 bits per heavy atom. The molecule has 3 aliphatic rings. The van der Waals surface area contributed by atoms with Gasteiger partial charge in [0.25, 0.3) is 5.91 Å². The van der Waals surface area contributed by atoms with Gasteiger partial charge in [0.05, 0.1) is 17.9 Å². The molecule has 5 rings (SSSR count). The monoisotopic (exact) mass is 535 g/mol. The Balaban J connectivity index is 1.27. The van der Waals surface area contributed by atoms with Crippen LogP contribution in [0.25, 0.3) is 0 Å². The van der Waals surface area contributed by atoms with Crippen molar-refractivity contribution in [2.75, 3.05) is 26.4 Å². The smallest absolute Gasteiger partial charge is 0.338 e. The van der Waals surface area contributed by atoms with Crippen molar-refractivity contribution in [1.82, 2.24) is 15.1 Å². The largest absolute Gasteiger partial charge is 0.462 e. The number of hydrogen-bond acceptors (Lipinski definition) is 6. The van der Waals surface area contributed by atoms with Crippen LogP contribution in [0.4, 0.5) is 0 Å². The summed E-state index contributed by atoms with van der Waals surface area (Å²) in [4.78, 5) is 38.6. The topological polar surface area (TPSA) is 99.5 Å². The fourth-order valence-electron chi connectivity index (χ4n) is 6.35. The zero-order valence-corrected chi connectivity index (χ0v) is 23.5. The normalized spacial score (nSPS) is 19.4. The number of benzene rings is 1. The zero-order valence-electron chi connectivity index (χ0n) is 23.5. The molecule has 0 bridgehead atoms. The molecular formula is C31H41N3O5. The fourth-order valence-corrected chi connectivity index (χ4v) is 6.35. The van der Waals surface area contributed by atoms with E-state index < -0.39 is 5.97 Å². The molecule has 1 amide bonds. The lowest BCUT2D eigenvalue weighted by Crippen LogP contribution is -2.40. The number of Topliss-reactive ketones (excluding diaryl/α,β-unsaturated/α-hetero) is 1. The molecule has 1 saturated heterocycles. The molecule has 3 heterocycles. The van der Waals surface area contributed by atoms with E-state index in [0.717, 1.165) is 56.2 Å². The molecule has 8 heteroatoms. The summed E-state index contributed by atoms with van der Waals surface area (Å²) in [6, 6.07) is 6.86. The highest BCUT2D eigenvalue weighted by atomic mass is 16.5. The Bertz CT molecular complexity index is 1220. The van der Waals surface area contributed by atoms with E-state index in [2.05, 4.69) is 19.2 Å². The maximum atomic E-state index is 13.1. The molecule has 2 aliphatic heterocycles. The van der Waals surface area contributed by atoms with Crippen molar-refractivity contribution < 1.29 is 23.9 Å². The maximum absolute atomic E-state index is 13.1. The summed E-state index contributed by atoms with van der Waals surface area (Å²) >= 11 is 0. The number of carbonyl (C=O) groups excluding carboxylic acids is 3. The van der Waals surface area contributed by atoms with Crippen molar-refractivity contribution in [3.8, 4) is 0 Å². The van der Waals surface area contributed by atoms with E-state index in [1.54, 1.807) is 24.3 Å². The van der Waals surface area contributed by atoms with Gasteiger partial charge in [0.2, 0.25) is 0 Å². The first-order valence-electron chi connectivity index (χ1n) is 14.5. The van der Waals surface area contributed by atoms with Crippen LogP contribution < -0.4 is 5.32 Å². The Morgan fingerprint density at radius 2 is 1.79 bits per heavy atom. The maximum Gasteiger partial charge on any atom is 0.338 e. The molecule has 2 aromatic rings. The molecule has 210 valence electrons. The predicted molar refractivity (Wildman–Crippen MR) is 147 cm³/mol. The van der Waals surface area contributed by atoms with Crippen LogP contribution >= 0.6 is 0 Å². The molecule has 0 radical (unpaired) electrons. The van der Waals surface area contributed by atoms with E-state index in [4.69, 9.17) is 14.6 Å². The van der Waals surface area contributed by atoms with Crippen molar-refractivity contribution in [1.29, 1.82) is 0 Å².